The summed E-state index contributed by atoms with van der Waals surface area (Å²) in [7, 11) is 1.63. The highest BCUT2D eigenvalue weighted by Crippen LogP contribution is 2.27. The van der Waals surface area contributed by atoms with Crippen LogP contribution >= 0.6 is 0 Å². The van der Waals surface area contributed by atoms with Gasteiger partial charge in [0.2, 0.25) is 0 Å². The summed E-state index contributed by atoms with van der Waals surface area (Å²) in [6.45, 7) is 3.86. The number of aryl methyl sites for hydroxylation is 1. The lowest BCUT2D eigenvalue weighted by molar-refractivity contribution is 0.407. The number of hydrogen-bond donors (Lipinski definition) is 1. The first-order valence-corrected chi connectivity index (χ1v) is 9.61. The van der Waals surface area contributed by atoms with Crippen LogP contribution in [0, 0.1) is 13.8 Å². The molecule has 0 saturated heterocycles. The van der Waals surface area contributed by atoms with Crippen LogP contribution in [0.2, 0.25) is 0 Å². The lowest BCUT2D eigenvalue weighted by atomic mass is 10.1. The van der Waals surface area contributed by atoms with E-state index >= 15 is 0 Å². The Kier molecular flexibility index (Phi) is 4.54. The van der Waals surface area contributed by atoms with E-state index in [4.69, 9.17) is 4.74 Å². The van der Waals surface area contributed by atoms with Crippen LogP contribution in [0.3, 0.4) is 0 Å². The summed E-state index contributed by atoms with van der Waals surface area (Å²) in [6, 6.07) is 5.66. The Morgan fingerprint density at radius 2 is 2.15 bits per heavy atom. The first kappa shape index (κ1) is 17.5. The third-order valence-electron chi connectivity index (χ3n) is 4.36. The standard InChI is InChI=1S/C18H18N6O2S/c1-11-7-20-16(12(2)17(11)26-3)8-27(25)18-22-14-5-4-13(6-15(14)23-18)24-10-19-9-21-24/h4-7,9-10H,8H2,1-3H3,(H,22,23). The molecule has 27 heavy (non-hydrogen) atoms. The van der Waals surface area contributed by atoms with Crippen molar-refractivity contribution in [1.29, 1.82) is 0 Å². The molecule has 1 N–H and O–H groups in total. The number of fused-ring (bicyclic) bond motifs is 1. The predicted octanol–water partition coefficient (Wildman–Crippen LogP) is 2.47. The fraction of sp³-hybridized carbons (Fsp3) is 0.222. The van der Waals surface area contributed by atoms with Crippen molar-refractivity contribution in [3.8, 4) is 11.4 Å². The molecule has 0 amide bonds. The van der Waals surface area contributed by atoms with Crippen LogP contribution in [0.15, 0.2) is 42.2 Å². The number of benzene rings is 1. The Balaban J connectivity index is 1.62. The highest BCUT2D eigenvalue weighted by Gasteiger charge is 2.21. The molecule has 1 unspecified atom stereocenters. The number of H-pyrrole nitrogens is 1. The molecule has 4 rings (SSSR count). The maximum atomic E-state index is 12.8. The minimum atomic E-state index is -1.36. The molecule has 0 aliphatic heterocycles. The average molecular weight is 382 g/mol. The predicted molar refractivity (Wildman–Crippen MR) is 101 cm³/mol. The van der Waals surface area contributed by atoms with Gasteiger partial charge in [-0.1, -0.05) is 0 Å². The quantitative estimate of drug-likeness (QED) is 0.532. The first-order chi connectivity index (χ1) is 13.1. The monoisotopic (exact) mass is 382 g/mol. The van der Waals surface area contributed by atoms with E-state index in [2.05, 4.69) is 25.0 Å². The van der Waals surface area contributed by atoms with E-state index in [1.165, 1.54) is 6.33 Å². The summed E-state index contributed by atoms with van der Waals surface area (Å²) in [5.74, 6) is 1.04. The molecular weight excluding hydrogens is 364 g/mol. The number of aromatic nitrogens is 6. The maximum Gasteiger partial charge on any atom is 0.322 e. The van der Waals surface area contributed by atoms with Gasteiger partial charge in [-0.05, 0) is 32.0 Å². The second-order valence-corrected chi connectivity index (χ2v) is 7.49. The lowest BCUT2D eigenvalue weighted by Crippen LogP contribution is -2.10. The van der Waals surface area contributed by atoms with Gasteiger partial charge in [0.15, 0.2) is 5.75 Å². The van der Waals surface area contributed by atoms with Gasteiger partial charge in [0.1, 0.15) is 18.4 Å². The van der Waals surface area contributed by atoms with Gasteiger partial charge < -0.3 is 9.29 Å². The second kappa shape index (κ2) is 7.01. The number of aromatic amines is 1. The fourth-order valence-corrected chi connectivity index (χ4v) is 4.07. The highest BCUT2D eigenvalue weighted by molar-refractivity contribution is 7.90. The molecule has 8 nitrogen and oxygen atoms in total. The first-order valence-electron chi connectivity index (χ1n) is 8.29. The zero-order chi connectivity index (χ0) is 19.0. The lowest BCUT2D eigenvalue weighted by Gasteiger charge is -2.13. The summed E-state index contributed by atoms with van der Waals surface area (Å²) in [6.07, 6.45) is 4.83. The van der Waals surface area contributed by atoms with Crippen LogP contribution in [0.25, 0.3) is 16.7 Å². The molecule has 9 heteroatoms. The molecule has 1 aromatic carbocycles. The average Bonchev–Trinajstić information content (AvgIpc) is 3.33. The molecule has 0 fully saturated rings. The van der Waals surface area contributed by atoms with Crippen LogP contribution in [0.5, 0.6) is 5.75 Å². The molecule has 0 bridgehead atoms. The minimum Gasteiger partial charge on any atom is -0.609 e. The Labute approximate surface area is 158 Å². The minimum absolute atomic E-state index is 0.262. The van der Waals surface area contributed by atoms with Crippen LogP contribution in [0.1, 0.15) is 16.8 Å². The van der Waals surface area contributed by atoms with Crippen molar-refractivity contribution in [2.45, 2.75) is 24.8 Å². The van der Waals surface area contributed by atoms with E-state index in [1.54, 1.807) is 24.3 Å². The van der Waals surface area contributed by atoms with Crippen molar-refractivity contribution in [3.63, 3.8) is 0 Å². The number of rotatable bonds is 5. The number of hydrogen-bond acceptors (Lipinski definition) is 6. The van der Waals surface area contributed by atoms with Gasteiger partial charge in [-0.3, -0.25) is 9.97 Å². The van der Waals surface area contributed by atoms with E-state index in [9.17, 15) is 4.55 Å². The van der Waals surface area contributed by atoms with Gasteiger partial charge in [0.25, 0.3) is 0 Å². The van der Waals surface area contributed by atoms with Gasteiger partial charge in [0, 0.05) is 28.5 Å². The Morgan fingerprint density at radius 3 is 2.89 bits per heavy atom. The number of pyridine rings is 1. The Hall–Kier alpha value is -2.91. The molecule has 3 heterocycles. The molecule has 4 aromatic rings. The number of ether oxygens (including phenoxy) is 1. The number of imidazole rings is 1. The topological polar surface area (TPSA) is 105 Å². The summed E-state index contributed by atoms with van der Waals surface area (Å²) in [5, 5.41) is 4.53. The Bertz CT molecular complexity index is 1090. The van der Waals surface area contributed by atoms with E-state index < -0.39 is 11.2 Å². The number of methoxy groups -OCH3 is 1. The largest absolute Gasteiger partial charge is 0.609 e. The van der Waals surface area contributed by atoms with Gasteiger partial charge >= 0.3 is 5.16 Å². The molecule has 0 saturated carbocycles. The van der Waals surface area contributed by atoms with Crippen molar-refractivity contribution in [1.82, 2.24) is 29.7 Å². The molecular formula is C18H18N6O2S. The van der Waals surface area contributed by atoms with Crippen molar-refractivity contribution < 1.29 is 9.29 Å². The van der Waals surface area contributed by atoms with E-state index in [1.807, 2.05) is 32.0 Å². The normalized spacial score (nSPS) is 12.4. The summed E-state index contributed by atoms with van der Waals surface area (Å²) in [5.41, 5.74) is 4.96. The van der Waals surface area contributed by atoms with E-state index in [0.717, 1.165) is 39.3 Å². The number of nitrogens with one attached hydrogen (secondary N) is 1. The smallest absolute Gasteiger partial charge is 0.322 e. The zero-order valence-electron chi connectivity index (χ0n) is 15.1. The van der Waals surface area contributed by atoms with Crippen molar-refractivity contribution in [2.24, 2.45) is 0 Å². The molecule has 0 spiro atoms. The molecule has 3 aromatic heterocycles. The summed E-state index contributed by atoms with van der Waals surface area (Å²) < 4.78 is 19.9. The SMILES string of the molecule is COc1c(C)cnc(C[S+]([O-])c2nc3cc(-n4cncn4)ccc3[nH]2)c1C. The third kappa shape index (κ3) is 3.26. The van der Waals surface area contributed by atoms with Crippen LogP contribution in [-0.4, -0.2) is 41.4 Å². The Morgan fingerprint density at radius 1 is 1.30 bits per heavy atom. The molecule has 138 valence electrons. The van der Waals surface area contributed by atoms with Crippen molar-refractivity contribution in [3.05, 3.63) is 53.9 Å². The van der Waals surface area contributed by atoms with Crippen molar-refractivity contribution in [2.75, 3.05) is 7.11 Å². The van der Waals surface area contributed by atoms with Crippen LogP contribution in [0.4, 0.5) is 0 Å². The van der Waals surface area contributed by atoms with E-state index in [0.29, 0.717) is 5.16 Å². The van der Waals surface area contributed by atoms with E-state index in [-0.39, 0.29) is 5.75 Å². The number of nitrogens with zero attached hydrogens (tertiary/aromatic N) is 5. The fourth-order valence-electron chi connectivity index (χ4n) is 2.97. The van der Waals surface area contributed by atoms with Gasteiger partial charge in [0.05, 0.1) is 29.5 Å². The maximum absolute atomic E-state index is 12.8. The highest BCUT2D eigenvalue weighted by atomic mass is 32.2. The van der Waals surface area contributed by atoms with Crippen LogP contribution < -0.4 is 4.74 Å². The zero-order valence-corrected chi connectivity index (χ0v) is 15.9. The second-order valence-electron chi connectivity index (χ2n) is 6.12. The summed E-state index contributed by atoms with van der Waals surface area (Å²) >= 11 is -1.36. The third-order valence-corrected chi connectivity index (χ3v) is 5.52. The summed E-state index contributed by atoms with van der Waals surface area (Å²) in [4.78, 5) is 16.0. The van der Waals surface area contributed by atoms with Gasteiger partial charge in [-0.2, -0.15) is 10.1 Å². The molecule has 1 atom stereocenters. The van der Waals surface area contributed by atoms with Gasteiger partial charge in [-0.15, -0.1) is 0 Å². The molecule has 0 aliphatic carbocycles. The molecule has 0 aliphatic rings. The van der Waals surface area contributed by atoms with Crippen LogP contribution in [-0.2, 0) is 16.9 Å². The molecule has 0 radical (unpaired) electrons. The van der Waals surface area contributed by atoms with Gasteiger partial charge in [-0.25, -0.2) is 9.67 Å². The van der Waals surface area contributed by atoms with Crippen molar-refractivity contribution >= 4 is 22.2 Å².